The number of benzene rings is 2. The van der Waals surface area contributed by atoms with E-state index in [1.165, 1.54) is 22.5 Å². The van der Waals surface area contributed by atoms with E-state index < -0.39 is 10.0 Å². The Hall–Kier alpha value is -2.13. The normalized spacial score (nSPS) is 15.1. The van der Waals surface area contributed by atoms with Crippen molar-refractivity contribution in [2.75, 3.05) is 40.0 Å². The molecule has 0 atom stereocenters. The monoisotopic (exact) mass is 438 g/mol. The minimum Gasteiger partial charge on any atom is -0.482 e. The third kappa shape index (κ3) is 5.48. The van der Waals surface area contributed by atoms with Crippen LogP contribution in [0.3, 0.4) is 0 Å². The van der Waals surface area contributed by atoms with E-state index in [1.807, 2.05) is 30.3 Å². The Morgan fingerprint density at radius 1 is 1.17 bits per heavy atom. The van der Waals surface area contributed by atoms with Crippen molar-refractivity contribution in [2.45, 2.75) is 11.4 Å². The van der Waals surface area contributed by atoms with Gasteiger partial charge in [-0.2, -0.15) is 4.31 Å². The fourth-order valence-corrected chi connectivity index (χ4v) is 4.62. The molecule has 7 nitrogen and oxygen atoms in total. The van der Waals surface area contributed by atoms with Gasteiger partial charge in [0.05, 0.1) is 23.1 Å². The molecule has 1 amide bonds. The van der Waals surface area contributed by atoms with E-state index >= 15 is 0 Å². The Morgan fingerprint density at radius 3 is 2.52 bits per heavy atom. The molecular formula is C20H23ClN2O5S. The number of hydrogen-bond donors (Lipinski definition) is 0. The number of ether oxygens (including phenoxy) is 2. The van der Waals surface area contributed by atoms with E-state index in [4.69, 9.17) is 21.1 Å². The second kappa shape index (κ2) is 9.58. The fourth-order valence-electron chi connectivity index (χ4n) is 2.89. The summed E-state index contributed by atoms with van der Waals surface area (Å²) in [4.78, 5) is 14.0. The molecule has 2 aromatic carbocycles. The van der Waals surface area contributed by atoms with Crippen LogP contribution in [-0.4, -0.2) is 63.5 Å². The van der Waals surface area contributed by atoms with Crippen molar-refractivity contribution in [2.24, 2.45) is 0 Å². The standard InChI is InChI=1S/C20H23ClN2O5S/c1-22(14-16-5-3-2-4-6-16)20(24)15-28-19-8-7-17(13-18(19)21)29(25,26)23-9-11-27-12-10-23/h2-8,13H,9-12,14-15H2,1H3. The molecule has 1 fully saturated rings. The number of carbonyl (C=O) groups is 1. The molecular weight excluding hydrogens is 416 g/mol. The van der Waals surface area contributed by atoms with Crippen LogP contribution in [0.5, 0.6) is 5.75 Å². The minimum absolute atomic E-state index is 0.0873. The number of carbonyl (C=O) groups excluding carboxylic acids is 1. The summed E-state index contributed by atoms with van der Waals surface area (Å²) in [5.41, 5.74) is 1.01. The summed E-state index contributed by atoms with van der Waals surface area (Å²) in [7, 11) is -1.95. The Kier molecular flexibility index (Phi) is 7.13. The SMILES string of the molecule is CN(Cc1ccccc1)C(=O)COc1ccc(S(=O)(=O)N2CCOCC2)cc1Cl. The summed E-state index contributed by atoms with van der Waals surface area (Å²) in [6.07, 6.45) is 0. The van der Waals surface area contributed by atoms with Crippen LogP contribution in [-0.2, 0) is 26.1 Å². The minimum atomic E-state index is -3.64. The molecule has 0 aromatic heterocycles. The first kappa shape index (κ1) is 21.6. The summed E-state index contributed by atoms with van der Waals surface area (Å²) >= 11 is 6.21. The van der Waals surface area contributed by atoms with Crippen molar-refractivity contribution in [3.63, 3.8) is 0 Å². The molecule has 0 N–H and O–H groups in total. The highest BCUT2D eigenvalue weighted by Crippen LogP contribution is 2.29. The van der Waals surface area contributed by atoms with Crippen LogP contribution >= 0.6 is 11.6 Å². The van der Waals surface area contributed by atoms with Crippen molar-refractivity contribution >= 4 is 27.5 Å². The van der Waals surface area contributed by atoms with Gasteiger partial charge in [0.25, 0.3) is 5.91 Å². The van der Waals surface area contributed by atoms with E-state index in [2.05, 4.69) is 0 Å². The third-order valence-corrected chi connectivity index (χ3v) is 6.74. The van der Waals surface area contributed by atoms with Crippen LogP contribution in [0.15, 0.2) is 53.4 Å². The molecule has 1 aliphatic heterocycles. The number of amides is 1. The number of hydrogen-bond acceptors (Lipinski definition) is 5. The number of halogens is 1. The van der Waals surface area contributed by atoms with Crippen molar-refractivity contribution in [3.05, 3.63) is 59.1 Å². The van der Waals surface area contributed by atoms with Gasteiger partial charge in [0.1, 0.15) is 5.75 Å². The molecule has 1 heterocycles. The largest absolute Gasteiger partial charge is 0.482 e. The predicted molar refractivity (Wildman–Crippen MR) is 109 cm³/mol. The second-order valence-corrected chi connectivity index (χ2v) is 8.98. The van der Waals surface area contributed by atoms with Gasteiger partial charge in [-0.3, -0.25) is 4.79 Å². The van der Waals surface area contributed by atoms with Crippen LogP contribution in [0, 0.1) is 0 Å². The lowest BCUT2D eigenvalue weighted by molar-refractivity contribution is -0.132. The van der Waals surface area contributed by atoms with Gasteiger partial charge in [-0.25, -0.2) is 8.42 Å². The van der Waals surface area contributed by atoms with E-state index in [0.29, 0.717) is 32.8 Å². The Morgan fingerprint density at radius 2 is 1.86 bits per heavy atom. The average molecular weight is 439 g/mol. The van der Waals surface area contributed by atoms with Crippen LogP contribution < -0.4 is 4.74 Å². The molecule has 3 rings (SSSR count). The Bertz CT molecular complexity index is 947. The maximum absolute atomic E-state index is 12.7. The summed E-state index contributed by atoms with van der Waals surface area (Å²) < 4.78 is 37.5. The molecule has 0 unspecified atom stereocenters. The molecule has 29 heavy (non-hydrogen) atoms. The molecule has 2 aromatic rings. The van der Waals surface area contributed by atoms with E-state index in [9.17, 15) is 13.2 Å². The first-order valence-corrected chi connectivity index (χ1v) is 11.0. The first-order chi connectivity index (χ1) is 13.9. The highest BCUT2D eigenvalue weighted by atomic mass is 35.5. The summed E-state index contributed by atoms with van der Waals surface area (Å²) in [6, 6.07) is 13.9. The molecule has 0 radical (unpaired) electrons. The predicted octanol–water partition coefficient (Wildman–Crippen LogP) is 2.40. The topological polar surface area (TPSA) is 76.2 Å². The van der Waals surface area contributed by atoms with Gasteiger partial charge in [0.2, 0.25) is 10.0 Å². The van der Waals surface area contributed by atoms with E-state index in [1.54, 1.807) is 11.9 Å². The number of nitrogens with zero attached hydrogens (tertiary/aromatic N) is 2. The second-order valence-electron chi connectivity index (χ2n) is 6.63. The highest BCUT2D eigenvalue weighted by Gasteiger charge is 2.27. The van der Waals surface area contributed by atoms with Crippen molar-refractivity contribution in [3.8, 4) is 5.75 Å². The van der Waals surface area contributed by atoms with Gasteiger partial charge >= 0.3 is 0 Å². The highest BCUT2D eigenvalue weighted by molar-refractivity contribution is 7.89. The van der Waals surface area contributed by atoms with Crippen molar-refractivity contribution in [1.82, 2.24) is 9.21 Å². The molecule has 9 heteroatoms. The van der Waals surface area contributed by atoms with Gasteiger partial charge in [-0.05, 0) is 23.8 Å². The van der Waals surface area contributed by atoms with Gasteiger partial charge in [-0.15, -0.1) is 0 Å². The molecule has 0 bridgehead atoms. The molecule has 1 aliphatic rings. The van der Waals surface area contributed by atoms with Gasteiger partial charge in [-0.1, -0.05) is 41.9 Å². The van der Waals surface area contributed by atoms with Crippen LogP contribution in [0.2, 0.25) is 5.02 Å². The fraction of sp³-hybridized carbons (Fsp3) is 0.350. The lowest BCUT2D eigenvalue weighted by Gasteiger charge is -2.26. The van der Waals surface area contributed by atoms with E-state index in [-0.39, 0.29) is 28.2 Å². The zero-order valence-corrected chi connectivity index (χ0v) is 17.7. The maximum atomic E-state index is 12.7. The summed E-state index contributed by atoms with van der Waals surface area (Å²) in [6.45, 7) is 1.62. The molecule has 0 spiro atoms. The van der Waals surface area contributed by atoms with Gasteiger partial charge in [0, 0.05) is 26.7 Å². The number of rotatable bonds is 7. The van der Waals surface area contributed by atoms with Crippen LogP contribution in [0.25, 0.3) is 0 Å². The average Bonchev–Trinajstić information content (AvgIpc) is 2.74. The van der Waals surface area contributed by atoms with Gasteiger partial charge in [0.15, 0.2) is 6.61 Å². The number of sulfonamides is 1. The lowest BCUT2D eigenvalue weighted by atomic mass is 10.2. The summed E-state index contributed by atoms with van der Waals surface area (Å²) in [5, 5.41) is 0.137. The van der Waals surface area contributed by atoms with Crippen molar-refractivity contribution in [1.29, 1.82) is 0 Å². The molecule has 0 aliphatic carbocycles. The zero-order chi connectivity index (χ0) is 20.9. The summed E-state index contributed by atoms with van der Waals surface area (Å²) in [5.74, 6) is 0.0454. The number of morpholine rings is 1. The molecule has 0 saturated carbocycles. The zero-order valence-electron chi connectivity index (χ0n) is 16.1. The third-order valence-electron chi connectivity index (χ3n) is 4.55. The van der Waals surface area contributed by atoms with Crippen molar-refractivity contribution < 1.29 is 22.7 Å². The quantitative estimate of drug-likeness (QED) is 0.663. The Labute approximate surface area is 175 Å². The molecule has 1 saturated heterocycles. The van der Waals surface area contributed by atoms with E-state index in [0.717, 1.165) is 5.56 Å². The van der Waals surface area contributed by atoms with Gasteiger partial charge < -0.3 is 14.4 Å². The molecule has 156 valence electrons. The van der Waals surface area contributed by atoms with Crippen LogP contribution in [0.1, 0.15) is 5.56 Å². The number of likely N-dealkylation sites (N-methyl/N-ethyl adjacent to an activating group) is 1. The smallest absolute Gasteiger partial charge is 0.260 e. The maximum Gasteiger partial charge on any atom is 0.260 e. The van der Waals surface area contributed by atoms with Crippen LogP contribution in [0.4, 0.5) is 0 Å². The Balaban J connectivity index is 1.61. The lowest BCUT2D eigenvalue weighted by Crippen LogP contribution is -2.40. The first-order valence-electron chi connectivity index (χ1n) is 9.16.